The molecule has 0 fully saturated rings. The molecule has 1 aromatic rings. The van der Waals surface area contributed by atoms with Crippen LogP contribution in [-0.4, -0.2) is 29.1 Å². The van der Waals surface area contributed by atoms with Gasteiger partial charge >= 0.3 is 5.97 Å². The van der Waals surface area contributed by atoms with Gasteiger partial charge in [0.2, 0.25) is 5.91 Å². The van der Waals surface area contributed by atoms with Crippen LogP contribution in [-0.2, 0) is 9.59 Å². The van der Waals surface area contributed by atoms with Crippen molar-refractivity contribution in [3.63, 3.8) is 0 Å². The van der Waals surface area contributed by atoms with Crippen LogP contribution in [0.5, 0.6) is 0 Å². The van der Waals surface area contributed by atoms with E-state index in [1.54, 1.807) is 19.1 Å². The average Bonchev–Trinajstić information content (AvgIpc) is 2.41. The van der Waals surface area contributed by atoms with Gasteiger partial charge in [0.25, 0.3) is 0 Å². The third-order valence-corrected chi connectivity index (χ3v) is 3.63. The van der Waals surface area contributed by atoms with Crippen molar-refractivity contribution < 1.29 is 14.7 Å². The molecule has 0 aliphatic heterocycles. The first-order valence-corrected chi connectivity index (χ1v) is 7.27. The highest BCUT2D eigenvalue weighted by Gasteiger charge is 2.31. The summed E-state index contributed by atoms with van der Waals surface area (Å²) in [5.41, 5.74) is -0.743. The molecule has 0 aliphatic carbocycles. The van der Waals surface area contributed by atoms with E-state index < -0.39 is 11.5 Å². The fourth-order valence-electron chi connectivity index (χ4n) is 1.83. The standard InChI is InChI=1S/C14H18Cl2N2O3/c1-3-6-14(2,13(20)21)17-8-12(19)18-11-7-9(15)4-5-10(11)16/h4-5,7,17H,3,6,8H2,1-2H3,(H,18,19)(H,20,21). The molecule has 0 radical (unpaired) electrons. The first-order valence-electron chi connectivity index (χ1n) is 6.52. The van der Waals surface area contributed by atoms with Gasteiger partial charge in [-0.1, -0.05) is 36.5 Å². The number of carboxylic acid groups (broad SMARTS) is 1. The van der Waals surface area contributed by atoms with Gasteiger partial charge in [-0.05, 0) is 31.5 Å². The van der Waals surface area contributed by atoms with E-state index in [2.05, 4.69) is 10.6 Å². The molecule has 1 amide bonds. The number of halogens is 2. The van der Waals surface area contributed by atoms with Gasteiger partial charge in [0, 0.05) is 5.02 Å². The molecule has 0 spiro atoms. The zero-order chi connectivity index (χ0) is 16.0. The van der Waals surface area contributed by atoms with Gasteiger partial charge in [-0.3, -0.25) is 14.9 Å². The molecule has 0 saturated heterocycles. The van der Waals surface area contributed by atoms with Crippen molar-refractivity contribution in [1.29, 1.82) is 0 Å². The predicted molar refractivity (Wildman–Crippen MR) is 84.0 cm³/mol. The normalized spacial score (nSPS) is 13.5. The van der Waals surface area contributed by atoms with Crippen LogP contribution < -0.4 is 10.6 Å². The van der Waals surface area contributed by atoms with Crippen LogP contribution in [0.25, 0.3) is 0 Å². The van der Waals surface area contributed by atoms with E-state index in [9.17, 15) is 14.7 Å². The number of hydrogen-bond donors (Lipinski definition) is 3. The van der Waals surface area contributed by atoms with E-state index >= 15 is 0 Å². The number of amides is 1. The second-order valence-corrected chi connectivity index (χ2v) is 5.76. The predicted octanol–water partition coefficient (Wildman–Crippen LogP) is 3.16. The maximum Gasteiger partial charge on any atom is 0.323 e. The molecule has 0 bridgehead atoms. The fraction of sp³-hybridized carbons (Fsp3) is 0.429. The van der Waals surface area contributed by atoms with Crippen LogP contribution in [0.15, 0.2) is 18.2 Å². The van der Waals surface area contributed by atoms with E-state index in [1.807, 2.05) is 6.92 Å². The minimum Gasteiger partial charge on any atom is -0.480 e. The summed E-state index contributed by atoms with van der Waals surface area (Å²) in [6.45, 7) is 3.30. The van der Waals surface area contributed by atoms with Gasteiger partial charge in [0.05, 0.1) is 17.3 Å². The van der Waals surface area contributed by atoms with Crippen LogP contribution in [0.4, 0.5) is 5.69 Å². The molecule has 0 aliphatic rings. The Morgan fingerprint density at radius 2 is 2.00 bits per heavy atom. The van der Waals surface area contributed by atoms with E-state index in [0.717, 1.165) is 0 Å². The lowest BCUT2D eigenvalue weighted by Gasteiger charge is -2.25. The topological polar surface area (TPSA) is 78.4 Å². The second-order valence-electron chi connectivity index (χ2n) is 4.91. The Balaban J connectivity index is 2.65. The Morgan fingerprint density at radius 1 is 1.33 bits per heavy atom. The molecule has 0 heterocycles. The van der Waals surface area contributed by atoms with Crippen molar-refractivity contribution in [2.75, 3.05) is 11.9 Å². The molecule has 3 N–H and O–H groups in total. The number of carbonyl (C=O) groups excluding carboxylic acids is 1. The summed E-state index contributed by atoms with van der Waals surface area (Å²) < 4.78 is 0. The molecule has 1 rings (SSSR count). The molecule has 1 atom stereocenters. The van der Waals surface area contributed by atoms with Gasteiger partial charge in [0.1, 0.15) is 5.54 Å². The van der Waals surface area contributed by atoms with Crippen molar-refractivity contribution in [3.8, 4) is 0 Å². The third kappa shape index (κ3) is 5.19. The Hall–Kier alpha value is -1.30. The monoisotopic (exact) mass is 332 g/mol. The second kappa shape index (κ2) is 7.64. The molecule has 7 heteroatoms. The van der Waals surface area contributed by atoms with Crippen LogP contribution >= 0.6 is 23.2 Å². The van der Waals surface area contributed by atoms with Crippen molar-refractivity contribution in [2.24, 2.45) is 0 Å². The minimum absolute atomic E-state index is 0.133. The highest BCUT2D eigenvalue weighted by atomic mass is 35.5. The third-order valence-electron chi connectivity index (χ3n) is 3.06. The number of benzene rings is 1. The van der Waals surface area contributed by atoms with Crippen LogP contribution in [0.2, 0.25) is 10.0 Å². The number of hydrogen-bond acceptors (Lipinski definition) is 3. The number of nitrogens with one attached hydrogen (secondary N) is 2. The Bertz CT molecular complexity index is 537. The van der Waals surface area contributed by atoms with Gasteiger partial charge in [-0.25, -0.2) is 0 Å². The van der Waals surface area contributed by atoms with E-state index in [4.69, 9.17) is 23.2 Å². The van der Waals surface area contributed by atoms with Crippen LogP contribution in [0, 0.1) is 0 Å². The summed E-state index contributed by atoms with van der Waals surface area (Å²) in [4.78, 5) is 23.1. The fourth-order valence-corrected chi connectivity index (χ4v) is 2.17. The molecule has 1 aromatic carbocycles. The molecular weight excluding hydrogens is 315 g/mol. The zero-order valence-corrected chi connectivity index (χ0v) is 13.4. The molecule has 0 aromatic heterocycles. The molecule has 1 unspecified atom stereocenters. The first-order chi connectivity index (χ1) is 9.78. The van der Waals surface area contributed by atoms with Crippen LogP contribution in [0.1, 0.15) is 26.7 Å². The number of aliphatic carboxylic acids is 1. The van der Waals surface area contributed by atoms with Crippen molar-refractivity contribution in [2.45, 2.75) is 32.2 Å². The summed E-state index contributed by atoms with van der Waals surface area (Å²) in [5, 5.41) is 15.4. The lowest BCUT2D eigenvalue weighted by atomic mass is 9.96. The van der Waals surface area contributed by atoms with E-state index in [1.165, 1.54) is 6.07 Å². The summed E-state index contributed by atoms with van der Waals surface area (Å²) >= 11 is 11.8. The summed E-state index contributed by atoms with van der Waals surface area (Å²) in [6.07, 6.45) is 1.12. The average molecular weight is 333 g/mol. The largest absolute Gasteiger partial charge is 0.480 e. The van der Waals surface area contributed by atoms with Crippen molar-refractivity contribution in [3.05, 3.63) is 28.2 Å². The van der Waals surface area contributed by atoms with Crippen molar-refractivity contribution in [1.82, 2.24) is 5.32 Å². The van der Waals surface area contributed by atoms with Gasteiger partial charge in [-0.2, -0.15) is 0 Å². The Morgan fingerprint density at radius 3 is 2.57 bits per heavy atom. The summed E-state index contributed by atoms with van der Waals surface area (Å²) in [7, 11) is 0. The summed E-state index contributed by atoms with van der Waals surface area (Å²) in [5.74, 6) is -1.37. The molecule has 21 heavy (non-hydrogen) atoms. The maximum absolute atomic E-state index is 11.9. The first kappa shape index (κ1) is 17.8. The van der Waals surface area contributed by atoms with Crippen LogP contribution in [0.3, 0.4) is 0 Å². The number of anilines is 1. The highest BCUT2D eigenvalue weighted by Crippen LogP contribution is 2.25. The zero-order valence-electron chi connectivity index (χ0n) is 11.9. The van der Waals surface area contributed by atoms with E-state index in [-0.39, 0.29) is 12.5 Å². The molecule has 116 valence electrons. The SMILES string of the molecule is CCCC(C)(NCC(=O)Nc1cc(Cl)ccc1Cl)C(=O)O. The Kier molecular flexibility index (Phi) is 6.45. The van der Waals surface area contributed by atoms with Crippen molar-refractivity contribution >= 4 is 40.8 Å². The highest BCUT2D eigenvalue weighted by molar-refractivity contribution is 6.35. The lowest BCUT2D eigenvalue weighted by molar-refractivity contribution is -0.144. The number of carbonyl (C=O) groups is 2. The number of carboxylic acids is 1. The quantitative estimate of drug-likeness (QED) is 0.716. The van der Waals surface area contributed by atoms with Gasteiger partial charge < -0.3 is 10.4 Å². The van der Waals surface area contributed by atoms with Gasteiger partial charge in [0.15, 0.2) is 0 Å². The number of rotatable bonds is 7. The maximum atomic E-state index is 11.9. The smallest absolute Gasteiger partial charge is 0.323 e. The van der Waals surface area contributed by atoms with E-state index in [0.29, 0.717) is 28.6 Å². The Labute approximate surface area is 133 Å². The minimum atomic E-state index is -1.13. The molecular formula is C14H18Cl2N2O3. The molecule has 5 nitrogen and oxygen atoms in total. The summed E-state index contributed by atoms with van der Waals surface area (Å²) in [6, 6.07) is 4.72. The molecule has 0 saturated carbocycles. The van der Waals surface area contributed by atoms with Gasteiger partial charge in [-0.15, -0.1) is 0 Å². The lowest BCUT2D eigenvalue weighted by Crippen LogP contribution is -2.51.